The normalized spacial score (nSPS) is 12.2. The second-order valence-electron chi connectivity index (χ2n) is 20.1. The third kappa shape index (κ3) is 7.98. The zero-order valence-electron chi connectivity index (χ0n) is 39.7. The SMILES string of the molecule is Cc1cc(-c2cc([Si](C)(C)C)ccc2OCCCOc2ccc([Si](C)(C)C)cc2-c2cc(C)cc(-n3c4ccccc4c4ccccc43)c2O)c(O)c(-n2c3ccccc3c3ccccc32)c1. The minimum Gasteiger partial charge on any atom is -0.505 e. The number of hydrogen-bond acceptors (Lipinski definition) is 4. The monoisotopic (exact) mass is 914 g/mol. The molecule has 0 radical (unpaired) electrons. The molecule has 6 nitrogen and oxygen atoms in total. The van der Waals surface area contributed by atoms with Crippen LogP contribution in [0.2, 0.25) is 39.3 Å². The first-order chi connectivity index (χ1) is 32.2. The van der Waals surface area contributed by atoms with Gasteiger partial charge in [0.15, 0.2) is 0 Å². The number of hydrogen-bond donors (Lipinski definition) is 2. The summed E-state index contributed by atoms with van der Waals surface area (Å²) in [4.78, 5) is 0. The molecule has 336 valence electrons. The zero-order chi connectivity index (χ0) is 46.8. The second-order valence-corrected chi connectivity index (χ2v) is 30.2. The van der Waals surface area contributed by atoms with Gasteiger partial charge in [0.25, 0.3) is 0 Å². The lowest BCUT2D eigenvalue weighted by Crippen LogP contribution is -2.37. The molecule has 10 aromatic rings. The van der Waals surface area contributed by atoms with E-state index in [1.54, 1.807) is 0 Å². The fraction of sp³-hybridized carbons (Fsp3) is 0.186. The number of ether oxygens (including phenoxy) is 2. The van der Waals surface area contributed by atoms with Crippen LogP contribution in [0.15, 0.2) is 158 Å². The Bertz CT molecular complexity index is 3190. The predicted molar refractivity (Wildman–Crippen MR) is 287 cm³/mol. The number of para-hydroxylation sites is 4. The molecule has 2 aromatic heterocycles. The topological polar surface area (TPSA) is 68.8 Å². The average Bonchev–Trinajstić information content (AvgIpc) is 3.82. The Morgan fingerprint density at radius 2 is 0.731 bits per heavy atom. The summed E-state index contributed by atoms with van der Waals surface area (Å²) in [5.41, 5.74) is 11.0. The molecule has 0 spiro atoms. The first kappa shape index (κ1) is 43.9. The highest BCUT2D eigenvalue weighted by Gasteiger charge is 2.25. The lowest BCUT2D eigenvalue weighted by atomic mass is 9.99. The highest BCUT2D eigenvalue weighted by atomic mass is 28.3. The van der Waals surface area contributed by atoms with E-state index in [1.807, 2.05) is 0 Å². The summed E-state index contributed by atoms with van der Waals surface area (Å²) >= 11 is 0. The van der Waals surface area contributed by atoms with Gasteiger partial charge in [-0.25, -0.2) is 0 Å². The molecule has 8 heteroatoms. The van der Waals surface area contributed by atoms with Crippen LogP contribution in [0.4, 0.5) is 0 Å². The van der Waals surface area contributed by atoms with Crippen molar-refractivity contribution < 1.29 is 19.7 Å². The number of fused-ring (bicyclic) bond motifs is 6. The van der Waals surface area contributed by atoms with Gasteiger partial charge in [-0.15, -0.1) is 0 Å². The molecule has 2 heterocycles. The molecule has 10 rings (SSSR count). The molecule has 0 saturated carbocycles. The van der Waals surface area contributed by atoms with Crippen LogP contribution in [-0.2, 0) is 0 Å². The number of aromatic nitrogens is 2. The Labute approximate surface area is 395 Å². The molecule has 0 amide bonds. The van der Waals surface area contributed by atoms with Crippen molar-refractivity contribution in [1.29, 1.82) is 0 Å². The number of aromatic hydroxyl groups is 2. The van der Waals surface area contributed by atoms with Crippen molar-refractivity contribution in [3.05, 3.63) is 169 Å². The standard InChI is InChI=1S/C59H58N2O4Si2/c1-38-32-48(58(62)54(34-38)60-50-22-13-9-18-42(50)43-19-10-14-23-51(43)60)46-36-40(66(3,4)5)26-28-56(46)64-30-17-31-65-57-29-27-41(67(6,7)8)37-47(57)49-33-39(2)35-55(59(49)63)61-52-24-15-11-20-44(52)45-21-12-16-25-53(45)61/h9-16,18-29,32-37,62-63H,17,30-31H2,1-8H3. The minimum absolute atomic E-state index is 0.216. The fourth-order valence-electron chi connectivity index (χ4n) is 9.72. The number of nitrogens with zero attached hydrogens (tertiary/aromatic N) is 2. The number of phenols is 2. The summed E-state index contributed by atoms with van der Waals surface area (Å²) in [5.74, 6) is 1.87. The first-order valence-electron chi connectivity index (χ1n) is 23.4. The summed E-state index contributed by atoms with van der Waals surface area (Å²) < 4.78 is 17.7. The van der Waals surface area contributed by atoms with E-state index in [9.17, 15) is 10.2 Å². The van der Waals surface area contributed by atoms with Crippen LogP contribution < -0.4 is 19.8 Å². The third-order valence-corrected chi connectivity index (χ3v) is 17.3. The zero-order valence-corrected chi connectivity index (χ0v) is 41.7. The first-order valence-corrected chi connectivity index (χ1v) is 30.4. The van der Waals surface area contributed by atoms with Crippen molar-refractivity contribution in [3.63, 3.8) is 0 Å². The lowest BCUT2D eigenvalue weighted by Gasteiger charge is -2.22. The Hall–Kier alpha value is -7.01. The molecule has 0 saturated heterocycles. The van der Waals surface area contributed by atoms with E-state index in [4.69, 9.17) is 9.47 Å². The number of aryl methyl sites for hydroxylation is 2. The maximum absolute atomic E-state index is 12.4. The van der Waals surface area contributed by atoms with Crippen molar-refractivity contribution >= 4 is 70.1 Å². The molecule has 2 N–H and O–H groups in total. The largest absolute Gasteiger partial charge is 0.505 e. The van der Waals surface area contributed by atoms with Crippen LogP contribution >= 0.6 is 0 Å². The molecule has 0 aliphatic heterocycles. The molecular formula is C59H58N2O4Si2. The molecule has 0 bridgehead atoms. The molecule has 0 atom stereocenters. The van der Waals surface area contributed by atoms with Gasteiger partial charge in [-0.2, -0.15) is 0 Å². The molecular weight excluding hydrogens is 857 g/mol. The van der Waals surface area contributed by atoms with E-state index in [0.29, 0.717) is 19.6 Å². The number of rotatable bonds is 12. The molecule has 0 aliphatic rings. The molecule has 0 unspecified atom stereocenters. The maximum atomic E-state index is 12.4. The Kier molecular flexibility index (Phi) is 11.1. The van der Waals surface area contributed by atoms with Crippen molar-refractivity contribution in [1.82, 2.24) is 9.13 Å². The molecule has 0 fully saturated rings. The number of phenolic OH excluding ortho intramolecular Hbond substituents is 2. The Morgan fingerprint density at radius 1 is 0.403 bits per heavy atom. The van der Waals surface area contributed by atoms with E-state index in [-0.39, 0.29) is 11.5 Å². The van der Waals surface area contributed by atoms with Crippen molar-refractivity contribution in [3.8, 4) is 56.6 Å². The maximum Gasteiger partial charge on any atom is 0.147 e. The summed E-state index contributed by atoms with van der Waals surface area (Å²) in [6.45, 7) is 19.0. The van der Waals surface area contributed by atoms with Gasteiger partial charge in [0, 0.05) is 50.2 Å². The van der Waals surface area contributed by atoms with E-state index >= 15 is 0 Å². The van der Waals surface area contributed by atoms with Gasteiger partial charge in [0.05, 0.1) is 62.8 Å². The molecule has 0 aliphatic carbocycles. The van der Waals surface area contributed by atoms with Crippen LogP contribution in [-0.4, -0.2) is 48.7 Å². The molecule has 67 heavy (non-hydrogen) atoms. The predicted octanol–water partition coefficient (Wildman–Crippen LogP) is 14.2. The van der Waals surface area contributed by atoms with Gasteiger partial charge in [0.2, 0.25) is 0 Å². The van der Waals surface area contributed by atoms with Crippen LogP contribution in [0.25, 0.3) is 77.2 Å². The van der Waals surface area contributed by atoms with Gasteiger partial charge < -0.3 is 28.8 Å². The summed E-state index contributed by atoms with van der Waals surface area (Å²) in [6, 6.07) is 54.9. The third-order valence-electron chi connectivity index (χ3n) is 13.2. The quantitative estimate of drug-likeness (QED) is 0.0946. The Balaban J connectivity index is 0.968. The minimum atomic E-state index is -1.75. The number of benzene rings is 8. The van der Waals surface area contributed by atoms with Crippen LogP contribution in [0.5, 0.6) is 23.0 Å². The Morgan fingerprint density at radius 3 is 1.06 bits per heavy atom. The molecule has 8 aromatic carbocycles. The van der Waals surface area contributed by atoms with Crippen LogP contribution in [0.3, 0.4) is 0 Å². The highest BCUT2D eigenvalue weighted by molar-refractivity contribution is 6.89. The fourth-order valence-corrected chi connectivity index (χ4v) is 12.0. The van der Waals surface area contributed by atoms with Gasteiger partial charge in [-0.05, 0) is 85.6 Å². The summed E-state index contributed by atoms with van der Waals surface area (Å²) in [6.07, 6.45) is 0.614. The van der Waals surface area contributed by atoms with Gasteiger partial charge in [-0.1, -0.05) is 147 Å². The van der Waals surface area contributed by atoms with Crippen LogP contribution in [0.1, 0.15) is 17.5 Å². The van der Waals surface area contributed by atoms with Crippen molar-refractivity contribution in [2.75, 3.05) is 13.2 Å². The van der Waals surface area contributed by atoms with Gasteiger partial charge >= 0.3 is 0 Å². The van der Waals surface area contributed by atoms with Gasteiger partial charge in [-0.3, -0.25) is 0 Å². The second kappa shape index (κ2) is 17.0. The van der Waals surface area contributed by atoms with Crippen LogP contribution in [0, 0.1) is 13.8 Å². The smallest absolute Gasteiger partial charge is 0.147 e. The summed E-state index contributed by atoms with van der Waals surface area (Å²) in [7, 11) is -3.51. The highest BCUT2D eigenvalue weighted by Crippen LogP contribution is 2.45. The van der Waals surface area contributed by atoms with E-state index in [1.165, 1.54) is 10.4 Å². The average molecular weight is 915 g/mol. The van der Waals surface area contributed by atoms with E-state index < -0.39 is 16.1 Å². The van der Waals surface area contributed by atoms with E-state index in [0.717, 1.165) is 99.9 Å². The van der Waals surface area contributed by atoms with Crippen molar-refractivity contribution in [2.45, 2.75) is 59.6 Å². The van der Waals surface area contributed by atoms with E-state index in [2.05, 4.69) is 220 Å². The lowest BCUT2D eigenvalue weighted by molar-refractivity contribution is 0.248. The van der Waals surface area contributed by atoms with Crippen molar-refractivity contribution in [2.24, 2.45) is 0 Å². The van der Waals surface area contributed by atoms with Gasteiger partial charge in [0.1, 0.15) is 23.0 Å². The summed E-state index contributed by atoms with van der Waals surface area (Å²) in [5, 5.41) is 31.9.